The predicted octanol–water partition coefficient (Wildman–Crippen LogP) is 2.58. The number of hydrogen-bond donors (Lipinski definition) is 0. The number of aromatic nitrogens is 3. The second kappa shape index (κ2) is 6.27. The molecule has 2 aromatic heterocycles. The third-order valence-corrected chi connectivity index (χ3v) is 6.39. The van der Waals surface area contributed by atoms with E-state index >= 15 is 0 Å². The molecular formula is C17H21N3O3S. The van der Waals surface area contributed by atoms with Crippen molar-refractivity contribution in [3.8, 4) is 0 Å². The number of carbonyl (C=O) groups is 1. The topological polar surface area (TPSA) is 73.6 Å². The van der Waals surface area contributed by atoms with Crippen LogP contribution in [0.2, 0.25) is 0 Å². The Kier molecular flexibility index (Phi) is 4.12. The van der Waals surface area contributed by atoms with E-state index in [2.05, 4.69) is 10.1 Å². The zero-order valence-corrected chi connectivity index (χ0v) is 14.6. The van der Waals surface area contributed by atoms with Crippen LogP contribution in [0.15, 0.2) is 10.9 Å². The fourth-order valence-electron chi connectivity index (χ4n) is 4.17. The van der Waals surface area contributed by atoms with Crippen molar-refractivity contribution in [3.05, 3.63) is 27.1 Å². The van der Waals surface area contributed by atoms with Crippen molar-refractivity contribution < 1.29 is 9.53 Å². The Morgan fingerprint density at radius 2 is 2.29 bits per heavy atom. The van der Waals surface area contributed by atoms with Gasteiger partial charge in [-0.05, 0) is 43.4 Å². The molecule has 24 heavy (non-hydrogen) atoms. The lowest BCUT2D eigenvalue weighted by Crippen LogP contribution is -2.19. The van der Waals surface area contributed by atoms with Gasteiger partial charge in [0.1, 0.15) is 11.6 Å². The molecule has 2 saturated carbocycles. The van der Waals surface area contributed by atoms with Gasteiger partial charge in [0, 0.05) is 12.5 Å². The Balaban J connectivity index is 1.39. The average Bonchev–Trinajstić information content (AvgIpc) is 3.27. The molecule has 2 aliphatic rings. The van der Waals surface area contributed by atoms with Crippen LogP contribution in [0.4, 0.5) is 0 Å². The molecule has 6 nitrogen and oxygen atoms in total. The quantitative estimate of drug-likeness (QED) is 0.777. The highest BCUT2D eigenvalue weighted by molar-refractivity contribution is 7.16. The molecule has 0 aromatic carbocycles. The highest BCUT2D eigenvalue weighted by Gasteiger charge is 2.40. The van der Waals surface area contributed by atoms with Crippen LogP contribution < -0.4 is 5.56 Å². The zero-order valence-electron chi connectivity index (χ0n) is 13.7. The van der Waals surface area contributed by atoms with Crippen LogP contribution in [-0.4, -0.2) is 20.6 Å². The molecular weight excluding hydrogens is 326 g/mol. The molecule has 2 bridgehead atoms. The maximum atomic E-state index is 12.1. The summed E-state index contributed by atoms with van der Waals surface area (Å²) in [7, 11) is 0. The molecule has 0 aliphatic heterocycles. The molecule has 2 aromatic rings. The summed E-state index contributed by atoms with van der Waals surface area (Å²) in [4.78, 5) is 29.1. The van der Waals surface area contributed by atoms with Crippen LogP contribution in [0.25, 0.3) is 4.96 Å². The zero-order chi connectivity index (χ0) is 16.7. The Morgan fingerprint density at radius 1 is 1.42 bits per heavy atom. The summed E-state index contributed by atoms with van der Waals surface area (Å²) in [6.45, 7) is 2.05. The number of nitrogens with zero attached hydrogens (tertiary/aromatic N) is 3. The van der Waals surface area contributed by atoms with E-state index < -0.39 is 0 Å². The van der Waals surface area contributed by atoms with Gasteiger partial charge in [-0.2, -0.15) is 9.61 Å². The van der Waals surface area contributed by atoms with Crippen LogP contribution in [0.1, 0.15) is 49.7 Å². The fourth-order valence-corrected chi connectivity index (χ4v) is 5.02. The van der Waals surface area contributed by atoms with Crippen molar-refractivity contribution >= 4 is 22.3 Å². The van der Waals surface area contributed by atoms with Crippen LogP contribution >= 0.6 is 11.3 Å². The van der Waals surface area contributed by atoms with Crippen molar-refractivity contribution in [2.45, 2.75) is 52.1 Å². The lowest BCUT2D eigenvalue weighted by molar-refractivity contribution is -0.146. The molecule has 3 atom stereocenters. The Labute approximate surface area is 143 Å². The summed E-state index contributed by atoms with van der Waals surface area (Å²) >= 11 is 1.39. The minimum atomic E-state index is -0.227. The number of fused-ring (bicyclic) bond motifs is 3. The third-order valence-electron chi connectivity index (χ3n) is 5.34. The van der Waals surface area contributed by atoms with Crippen molar-refractivity contribution in [2.75, 3.05) is 0 Å². The van der Waals surface area contributed by atoms with Crippen LogP contribution in [0.5, 0.6) is 0 Å². The Hall–Kier alpha value is -1.76. The second-order valence-electron chi connectivity index (χ2n) is 6.93. The van der Waals surface area contributed by atoms with E-state index in [4.69, 9.17) is 4.74 Å². The van der Waals surface area contributed by atoms with Gasteiger partial charge in [-0.25, -0.2) is 4.98 Å². The molecule has 4 rings (SSSR count). The van der Waals surface area contributed by atoms with Crippen molar-refractivity contribution in [2.24, 2.45) is 17.8 Å². The standard InChI is InChI=1S/C17H21N3O3S/c1-2-14-19-20-15(21)8-13(18-17(20)24-14)9-23-16(22)7-12-6-10-3-4-11(12)5-10/h8,10-12H,2-7,9H2,1H3/t10-,11+,12-/m0/s1. The van der Waals surface area contributed by atoms with Gasteiger partial charge in [0.25, 0.3) is 5.56 Å². The number of esters is 1. The van der Waals surface area contributed by atoms with E-state index in [1.165, 1.54) is 47.6 Å². The van der Waals surface area contributed by atoms with Gasteiger partial charge in [0.05, 0.1) is 5.69 Å². The van der Waals surface area contributed by atoms with Crippen molar-refractivity contribution in [1.29, 1.82) is 0 Å². The summed E-state index contributed by atoms with van der Waals surface area (Å²) in [5, 5.41) is 5.08. The maximum Gasteiger partial charge on any atom is 0.306 e. The first-order chi connectivity index (χ1) is 11.6. The van der Waals surface area contributed by atoms with E-state index in [0.29, 0.717) is 28.9 Å². The molecule has 0 radical (unpaired) electrons. The van der Waals surface area contributed by atoms with E-state index in [-0.39, 0.29) is 18.1 Å². The van der Waals surface area contributed by atoms with Crippen molar-refractivity contribution in [3.63, 3.8) is 0 Å². The molecule has 2 fully saturated rings. The number of aryl methyl sites for hydroxylation is 1. The molecule has 0 N–H and O–H groups in total. The van der Waals surface area contributed by atoms with Crippen molar-refractivity contribution in [1.82, 2.24) is 14.6 Å². The van der Waals surface area contributed by atoms with Gasteiger partial charge in [-0.15, -0.1) is 0 Å². The van der Waals surface area contributed by atoms with Gasteiger partial charge in [-0.1, -0.05) is 24.7 Å². The second-order valence-corrected chi connectivity index (χ2v) is 7.97. The van der Waals surface area contributed by atoms with Gasteiger partial charge in [-0.3, -0.25) is 9.59 Å². The molecule has 128 valence electrons. The van der Waals surface area contributed by atoms with E-state index in [0.717, 1.165) is 17.3 Å². The molecule has 0 unspecified atom stereocenters. The summed E-state index contributed by atoms with van der Waals surface area (Å²) < 4.78 is 6.68. The predicted molar refractivity (Wildman–Crippen MR) is 89.9 cm³/mol. The normalized spacial score (nSPS) is 25.5. The fraction of sp³-hybridized carbons (Fsp3) is 0.647. The summed E-state index contributed by atoms with van der Waals surface area (Å²) in [6.07, 6.45) is 6.33. The van der Waals surface area contributed by atoms with Crippen LogP contribution in [-0.2, 0) is 22.6 Å². The number of hydrogen-bond acceptors (Lipinski definition) is 6. The third kappa shape index (κ3) is 2.97. The monoisotopic (exact) mass is 347 g/mol. The Bertz CT molecular complexity index is 828. The van der Waals surface area contributed by atoms with E-state index in [1.807, 2.05) is 6.92 Å². The largest absolute Gasteiger partial charge is 0.459 e. The van der Waals surface area contributed by atoms with Gasteiger partial charge >= 0.3 is 5.97 Å². The first-order valence-corrected chi connectivity index (χ1v) is 9.48. The van der Waals surface area contributed by atoms with Gasteiger partial charge in [0.15, 0.2) is 0 Å². The summed E-state index contributed by atoms with van der Waals surface area (Å²) in [6, 6.07) is 1.40. The van der Waals surface area contributed by atoms with Crippen LogP contribution in [0, 0.1) is 17.8 Å². The molecule has 2 heterocycles. The molecule has 0 amide bonds. The molecule has 2 aliphatic carbocycles. The molecule has 0 saturated heterocycles. The SMILES string of the molecule is CCc1nn2c(=O)cc(COC(=O)C[C@@H]3C[C@H]4CC[C@@H]3C4)nc2s1. The lowest BCUT2D eigenvalue weighted by atomic mass is 9.86. The average molecular weight is 347 g/mol. The summed E-state index contributed by atoms with van der Waals surface area (Å²) in [5.41, 5.74) is 0.266. The minimum Gasteiger partial charge on any atom is -0.459 e. The lowest BCUT2D eigenvalue weighted by Gasteiger charge is -2.20. The maximum absolute atomic E-state index is 12.1. The Morgan fingerprint density at radius 3 is 3.00 bits per heavy atom. The summed E-state index contributed by atoms with van der Waals surface area (Å²) in [5.74, 6) is 1.86. The number of carbonyl (C=O) groups excluding carboxylic acids is 1. The highest BCUT2D eigenvalue weighted by Crippen LogP contribution is 2.49. The first kappa shape index (κ1) is 15.7. The first-order valence-electron chi connectivity index (χ1n) is 8.66. The molecule has 0 spiro atoms. The number of rotatable bonds is 5. The highest BCUT2D eigenvalue weighted by atomic mass is 32.1. The van der Waals surface area contributed by atoms with E-state index in [9.17, 15) is 9.59 Å². The number of ether oxygens (including phenoxy) is 1. The minimum absolute atomic E-state index is 0.0603. The smallest absolute Gasteiger partial charge is 0.306 e. The molecule has 7 heteroatoms. The van der Waals surface area contributed by atoms with Gasteiger partial charge in [0.2, 0.25) is 4.96 Å². The van der Waals surface area contributed by atoms with E-state index in [1.54, 1.807) is 0 Å². The van der Waals surface area contributed by atoms with Crippen LogP contribution in [0.3, 0.4) is 0 Å². The van der Waals surface area contributed by atoms with Gasteiger partial charge < -0.3 is 4.74 Å².